The molecule has 0 aromatic carbocycles. The maximum Gasteiger partial charge on any atom is 0.329 e. The molecule has 0 atom stereocenters. The number of carbonyl (C=O) groups is 2. The number of rotatable bonds is 5. The topological polar surface area (TPSA) is 60.9 Å². The summed E-state index contributed by atoms with van der Waals surface area (Å²) in [6.07, 6.45) is 2.43. The van der Waals surface area contributed by atoms with Gasteiger partial charge < -0.3 is 14.9 Å². The minimum absolute atomic E-state index is 0.0538. The van der Waals surface area contributed by atoms with Crippen molar-refractivity contribution >= 4 is 11.9 Å². The summed E-state index contributed by atoms with van der Waals surface area (Å²) in [7, 11) is 3.33. The number of carbonyl (C=O) groups excluding carboxylic acids is 1. The highest BCUT2D eigenvalue weighted by Gasteiger charge is 2.07. The van der Waals surface area contributed by atoms with Crippen LogP contribution in [-0.2, 0) is 9.59 Å². The molecule has 5 heteroatoms. The van der Waals surface area contributed by atoms with Crippen molar-refractivity contribution in [2.75, 3.05) is 27.2 Å². The molecule has 14 heavy (non-hydrogen) atoms. The van der Waals surface area contributed by atoms with Crippen molar-refractivity contribution in [2.24, 2.45) is 0 Å². The molecule has 5 nitrogen and oxygen atoms in total. The number of hydrogen-bond acceptors (Lipinski definition) is 3. The predicted molar refractivity (Wildman–Crippen MR) is 52.7 cm³/mol. The van der Waals surface area contributed by atoms with Crippen LogP contribution in [0.25, 0.3) is 0 Å². The van der Waals surface area contributed by atoms with E-state index in [1.165, 1.54) is 11.1 Å². The highest BCUT2D eigenvalue weighted by atomic mass is 16.4. The molecule has 1 amide bonds. The molecule has 0 unspecified atom stereocenters. The fourth-order valence-electron chi connectivity index (χ4n) is 0.754. The van der Waals surface area contributed by atoms with Gasteiger partial charge in [-0.1, -0.05) is 0 Å². The molecule has 0 aliphatic carbocycles. The monoisotopic (exact) mass is 200 g/mol. The van der Waals surface area contributed by atoms with Gasteiger partial charge in [0.2, 0.25) is 5.91 Å². The number of amides is 1. The van der Waals surface area contributed by atoms with Crippen LogP contribution >= 0.6 is 0 Å². The normalized spacial score (nSPS) is 10.2. The van der Waals surface area contributed by atoms with Gasteiger partial charge in [0.1, 0.15) is 0 Å². The Labute approximate surface area is 83.6 Å². The van der Waals surface area contributed by atoms with Crippen molar-refractivity contribution in [3.63, 3.8) is 0 Å². The molecule has 80 valence electrons. The highest BCUT2D eigenvalue weighted by Crippen LogP contribution is 1.91. The van der Waals surface area contributed by atoms with Gasteiger partial charge in [0.05, 0.1) is 6.54 Å². The van der Waals surface area contributed by atoms with Crippen LogP contribution in [0.15, 0.2) is 12.3 Å². The summed E-state index contributed by atoms with van der Waals surface area (Å²) < 4.78 is 0. The number of hydrogen-bond donors (Lipinski definition) is 1. The summed E-state index contributed by atoms with van der Waals surface area (Å²) >= 11 is 0. The van der Waals surface area contributed by atoms with Crippen molar-refractivity contribution in [2.45, 2.75) is 6.92 Å². The van der Waals surface area contributed by atoms with Crippen LogP contribution in [0.3, 0.4) is 0 Å². The number of likely N-dealkylation sites (N-methyl/N-ethyl adjacent to an activating group) is 2. The van der Waals surface area contributed by atoms with Gasteiger partial charge in [0, 0.05) is 32.9 Å². The Hall–Kier alpha value is -1.52. The standard InChI is InChI=1S/C9H16N2O3/c1-4-11(6-5-9(13)14)7-8(12)10(2)3/h5-6H,4,7H2,1-3H3,(H,13,14). The largest absolute Gasteiger partial charge is 0.478 e. The first kappa shape index (κ1) is 12.5. The molecular weight excluding hydrogens is 184 g/mol. The lowest BCUT2D eigenvalue weighted by molar-refractivity contribution is -0.132. The minimum Gasteiger partial charge on any atom is -0.478 e. The van der Waals surface area contributed by atoms with Crippen LogP contribution in [0.2, 0.25) is 0 Å². The molecule has 1 N–H and O–H groups in total. The first-order chi connectivity index (χ1) is 6.47. The Bertz CT molecular complexity index is 236. The quantitative estimate of drug-likeness (QED) is 0.634. The third kappa shape index (κ3) is 5.18. The second-order valence-electron chi connectivity index (χ2n) is 3.01. The second kappa shape index (κ2) is 6.01. The van der Waals surface area contributed by atoms with E-state index in [0.29, 0.717) is 6.54 Å². The Kier molecular flexibility index (Phi) is 5.36. The van der Waals surface area contributed by atoms with Crippen molar-refractivity contribution in [3.05, 3.63) is 12.3 Å². The second-order valence-corrected chi connectivity index (χ2v) is 3.01. The summed E-state index contributed by atoms with van der Waals surface area (Å²) in [5.74, 6) is -1.07. The van der Waals surface area contributed by atoms with E-state index in [4.69, 9.17) is 5.11 Å². The van der Waals surface area contributed by atoms with Gasteiger partial charge in [0.15, 0.2) is 0 Å². The number of carboxylic acid groups (broad SMARTS) is 1. The van der Waals surface area contributed by atoms with E-state index in [2.05, 4.69) is 0 Å². The summed E-state index contributed by atoms with van der Waals surface area (Å²) in [5.41, 5.74) is 0. The molecule has 0 rings (SSSR count). The lowest BCUT2D eigenvalue weighted by Crippen LogP contribution is -2.33. The molecule has 0 saturated heterocycles. The molecule has 0 aromatic rings. The third-order valence-electron chi connectivity index (χ3n) is 1.67. The van der Waals surface area contributed by atoms with Crippen LogP contribution in [0.1, 0.15) is 6.92 Å². The zero-order valence-electron chi connectivity index (χ0n) is 8.73. The van der Waals surface area contributed by atoms with Crippen molar-refractivity contribution in [3.8, 4) is 0 Å². The fourth-order valence-corrected chi connectivity index (χ4v) is 0.754. The Morgan fingerprint density at radius 2 is 1.93 bits per heavy atom. The van der Waals surface area contributed by atoms with Gasteiger partial charge >= 0.3 is 5.97 Å². The first-order valence-corrected chi connectivity index (χ1v) is 4.32. The highest BCUT2D eigenvalue weighted by molar-refractivity contribution is 5.80. The lowest BCUT2D eigenvalue weighted by atomic mass is 10.4. The van der Waals surface area contributed by atoms with Crippen LogP contribution < -0.4 is 0 Å². The van der Waals surface area contributed by atoms with Gasteiger partial charge in [-0.2, -0.15) is 0 Å². The number of carboxylic acids is 1. The predicted octanol–water partition coefficient (Wildman–Crippen LogP) is -0.00520. The molecule has 0 aromatic heterocycles. The van der Waals surface area contributed by atoms with Crippen LogP contribution in [0.5, 0.6) is 0 Å². The van der Waals surface area contributed by atoms with Crippen LogP contribution in [0, 0.1) is 0 Å². The third-order valence-corrected chi connectivity index (χ3v) is 1.67. The van der Waals surface area contributed by atoms with Crippen LogP contribution in [0.4, 0.5) is 0 Å². The molecule has 0 aliphatic heterocycles. The zero-order chi connectivity index (χ0) is 11.1. The van der Waals surface area contributed by atoms with Gasteiger partial charge in [-0.3, -0.25) is 4.79 Å². The lowest BCUT2D eigenvalue weighted by Gasteiger charge is -2.19. The SMILES string of the molecule is CCN(C=CC(=O)O)CC(=O)N(C)C. The average Bonchev–Trinajstić information content (AvgIpc) is 2.11. The molecule has 0 heterocycles. The molecule has 0 spiro atoms. The molecule has 0 bridgehead atoms. The van der Waals surface area contributed by atoms with Gasteiger partial charge in [-0.05, 0) is 6.92 Å². The Morgan fingerprint density at radius 1 is 1.36 bits per heavy atom. The molecular formula is C9H16N2O3. The first-order valence-electron chi connectivity index (χ1n) is 4.32. The van der Waals surface area contributed by atoms with Crippen molar-refractivity contribution < 1.29 is 14.7 Å². The Morgan fingerprint density at radius 3 is 2.29 bits per heavy atom. The fraction of sp³-hybridized carbons (Fsp3) is 0.556. The van der Waals surface area contributed by atoms with Gasteiger partial charge in [-0.15, -0.1) is 0 Å². The minimum atomic E-state index is -1.01. The van der Waals surface area contributed by atoms with E-state index in [1.54, 1.807) is 19.0 Å². The number of nitrogens with zero attached hydrogens (tertiary/aromatic N) is 2. The van der Waals surface area contributed by atoms with E-state index in [-0.39, 0.29) is 12.5 Å². The summed E-state index contributed by atoms with van der Waals surface area (Å²) in [4.78, 5) is 24.6. The van der Waals surface area contributed by atoms with Crippen LogP contribution in [-0.4, -0.2) is 54.0 Å². The maximum absolute atomic E-state index is 11.3. The molecule has 0 fully saturated rings. The van der Waals surface area contributed by atoms with Gasteiger partial charge in [0.25, 0.3) is 0 Å². The average molecular weight is 200 g/mol. The van der Waals surface area contributed by atoms with E-state index >= 15 is 0 Å². The molecule has 0 radical (unpaired) electrons. The molecule has 0 aliphatic rings. The summed E-state index contributed by atoms with van der Waals surface area (Å²) in [5, 5.41) is 8.39. The van der Waals surface area contributed by atoms with Crippen molar-refractivity contribution in [1.29, 1.82) is 0 Å². The van der Waals surface area contributed by atoms with E-state index in [1.807, 2.05) is 6.92 Å². The maximum atomic E-state index is 11.3. The zero-order valence-corrected chi connectivity index (χ0v) is 8.73. The van der Waals surface area contributed by atoms with Gasteiger partial charge in [-0.25, -0.2) is 4.79 Å². The molecule has 0 saturated carbocycles. The van der Waals surface area contributed by atoms with E-state index in [9.17, 15) is 9.59 Å². The van der Waals surface area contributed by atoms with E-state index in [0.717, 1.165) is 6.08 Å². The number of aliphatic carboxylic acids is 1. The van der Waals surface area contributed by atoms with Crippen molar-refractivity contribution in [1.82, 2.24) is 9.80 Å². The Balaban J connectivity index is 4.16. The van der Waals surface area contributed by atoms with E-state index < -0.39 is 5.97 Å². The smallest absolute Gasteiger partial charge is 0.329 e. The summed E-state index contributed by atoms with van der Waals surface area (Å²) in [6, 6.07) is 0. The summed E-state index contributed by atoms with van der Waals surface area (Å²) in [6.45, 7) is 2.66.